The van der Waals surface area contributed by atoms with Gasteiger partial charge in [-0.3, -0.25) is 0 Å². The predicted octanol–water partition coefficient (Wildman–Crippen LogP) is -0.506. The molecule has 1 aliphatic carbocycles. The SMILES string of the molecule is C/C(=C\CC[C@@H](C)CCO)C(=O)OCC1=C[C@@H](O)[C@@H]2C=CO[C@@H](O[C@@H]3O[C@H](CO)[C@@H](O)[C@H](O)[C@H]3O)[C@H]12. The number of aliphatic hydroxyl groups is 6. The fraction of sp³-hybridized carbons (Fsp3) is 0.720. The van der Waals surface area contributed by atoms with Crippen LogP contribution >= 0.6 is 0 Å². The van der Waals surface area contributed by atoms with Gasteiger partial charge < -0.3 is 49.6 Å². The van der Waals surface area contributed by atoms with Crippen molar-refractivity contribution in [1.29, 1.82) is 0 Å². The summed E-state index contributed by atoms with van der Waals surface area (Å²) in [7, 11) is 0. The first-order valence-corrected chi connectivity index (χ1v) is 12.3. The van der Waals surface area contributed by atoms with Crippen LogP contribution in [0.1, 0.15) is 33.1 Å². The van der Waals surface area contributed by atoms with Gasteiger partial charge >= 0.3 is 5.97 Å². The van der Waals surface area contributed by atoms with Gasteiger partial charge in [-0.15, -0.1) is 0 Å². The molecule has 6 N–H and O–H groups in total. The minimum absolute atomic E-state index is 0.116. The summed E-state index contributed by atoms with van der Waals surface area (Å²) in [5.74, 6) is -1.17. The van der Waals surface area contributed by atoms with E-state index in [2.05, 4.69) is 0 Å². The molecule has 1 saturated heterocycles. The number of fused-ring (bicyclic) bond motifs is 1. The summed E-state index contributed by atoms with van der Waals surface area (Å²) in [4.78, 5) is 12.5. The Morgan fingerprint density at radius 2 is 1.86 bits per heavy atom. The van der Waals surface area contributed by atoms with Crippen LogP contribution in [-0.2, 0) is 23.7 Å². The summed E-state index contributed by atoms with van der Waals surface area (Å²) in [6.45, 7) is 3.12. The van der Waals surface area contributed by atoms with Crippen molar-refractivity contribution in [3.05, 3.63) is 35.6 Å². The molecule has 0 saturated carbocycles. The fourth-order valence-electron chi connectivity index (χ4n) is 4.66. The smallest absolute Gasteiger partial charge is 0.333 e. The zero-order valence-corrected chi connectivity index (χ0v) is 20.6. The predicted molar refractivity (Wildman–Crippen MR) is 125 cm³/mol. The Morgan fingerprint density at radius 3 is 2.56 bits per heavy atom. The average molecular weight is 515 g/mol. The zero-order chi connectivity index (χ0) is 26.4. The molecule has 0 spiro atoms. The lowest BCUT2D eigenvalue weighted by Crippen LogP contribution is -2.60. The van der Waals surface area contributed by atoms with Crippen molar-refractivity contribution in [3.63, 3.8) is 0 Å². The Labute approximate surface area is 210 Å². The molecule has 0 radical (unpaired) electrons. The van der Waals surface area contributed by atoms with E-state index in [0.29, 0.717) is 29.9 Å². The average Bonchev–Trinajstić information content (AvgIpc) is 3.19. The van der Waals surface area contributed by atoms with Crippen molar-refractivity contribution in [1.82, 2.24) is 0 Å². The summed E-state index contributed by atoms with van der Waals surface area (Å²) in [5.41, 5.74) is 1.01. The van der Waals surface area contributed by atoms with E-state index < -0.39 is 67.5 Å². The zero-order valence-electron chi connectivity index (χ0n) is 20.6. The maximum absolute atomic E-state index is 12.5. The van der Waals surface area contributed by atoms with E-state index in [-0.39, 0.29) is 13.2 Å². The van der Waals surface area contributed by atoms with Crippen LogP contribution in [0.4, 0.5) is 0 Å². The van der Waals surface area contributed by atoms with E-state index in [0.717, 1.165) is 6.42 Å². The number of hydrogen-bond acceptors (Lipinski definition) is 11. The first-order valence-electron chi connectivity index (χ1n) is 12.3. The standard InChI is InChI=1S/C25H38O11/c1-13(6-8-26)4-3-5-14(2)23(32)34-12-15-10-17(28)16-7-9-33-24(19(15)16)36-25-22(31)21(30)20(29)18(11-27)35-25/h5,7,9-10,13,16-22,24-31H,3-4,6,8,11-12H2,1-2H3/b14-5+/t13-,16+,17-,18-,19-,20-,21+,22-,24+,25+/m1/s1. The van der Waals surface area contributed by atoms with Crippen molar-refractivity contribution in [3.8, 4) is 0 Å². The highest BCUT2D eigenvalue weighted by Gasteiger charge is 2.49. The molecule has 2 aliphatic heterocycles. The first-order chi connectivity index (χ1) is 17.2. The summed E-state index contributed by atoms with van der Waals surface area (Å²) in [6, 6.07) is 0. The second-order valence-electron chi connectivity index (χ2n) is 9.66. The number of hydrogen-bond donors (Lipinski definition) is 6. The molecule has 0 aromatic rings. The Kier molecular flexibility index (Phi) is 10.5. The third kappa shape index (κ3) is 6.73. The van der Waals surface area contributed by atoms with Crippen LogP contribution in [0.25, 0.3) is 0 Å². The Bertz CT molecular complexity index is 823. The van der Waals surface area contributed by atoms with Gasteiger partial charge in [0.15, 0.2) is 6.29 Å². The molecule has 0 aromatic carbocycles. The number of carbonyl (C=O) groups excluding carboxylic acids is 1. The van der Waals surface area contributed by atoms with Gasteiger partial charge in [-0.1, -0.05) is 19.1 Å². The van der Waals surface area contributed by atoms with Crippen molar-refractivity contribution in [2.75, 3.05) is 19.8 Å². The number of aliphatic hydroxyl groups excluding tert-OH is 6. The molecular weight excluding hydrogens is 476 g/mol. The Balaban J connectivity index is 1.62. The topological polar surface area (TPSA) is 175 Å². The maximum atomic E-state index is 12.5. The first kappa shape index (κ1) is 28.7. The molecule has 1 fully saturated rings. The van der Waals surface area contributed by atoms with E-state index in [1.165, 1.54) is 6.26 Å². The minimum atomic E-state index is -1.61. The third-order valence-corrected chi connectivity index (χ3v) is 6.97. The van der Waals surface area contributed by atoms with Crippen LogP contribution in [0.15, 0.2) is 35.6 Å². The molecule has 0 amide bonds. The second-order valence-corrected chi connectivity index (χ2v) is 9.66. The fourth-order valence-corrected chi connectivity index (χ4v) is 4.66. The van der Waals surface area contributed by atoms with Gasteiger partial charge in [0.2, 0.25) is 6.29 Å². The van der Waals surface area contributed by atoms with Gasteiger partial charge in [0.25, 0.3) is 0 Å². The molecule has 3 aliphatic rings. The quantitative estimate of drug-likeness (QED) is 0.119. The monoisotopic (exact) mass is 514 g/mol. The van der Waals surface area contributed by atoms with Gasteiger partial charge in [-0.2, -0.15) is 0 Å². The van der Waals surface area contributed by atoms with Crippen molar-refractivity contribution in [2.45, 2.75) is 76.2 Å². The molecule has 3 rings (SSSR count). The minimum Gasteiger partial charge on any atom is -0.472 e. The van der Waals surface area contributed by atoms with Gasteiger partial charge in [0.1, 0.15) is 31.0 Å². The van der Waals surface area contributed by atoms with Gasteiger partial charge in [0, 0.05) is 18.1 Å². The van der Waals surface area contributed by atoms with Crippen molar-refractivity contribution < 1.29 is 54.4 Å². The largest absolute Gasteiger partial charge is 0.472 e. The van der Waals surface area contributed by atoms with E-state index in [1.807, 2.05) is 6.92 Å². The molecule has 10 atom stereocenters. The van der Waals surface area contributed by atoms with E-state index in [4.69, 9.17) is 24.1 Å². The molecule has 204 valence electrons. The van der Waals surface area contributed by atoms with Crippen LogP contribution in [-0.4, -0.2) is 99.5 Å². The van der Waals surface area contributed by atoms with Crippen LogP contribution in [0.3, 0.4) is 0 Å². The Hall–Kier alpha value is -1.83. The number of allylic oxidation sites excluding steroid dienone is 1. The summed E-state index contributed by atoms with van der Waals surface area (Å²) >= 11 is 0. The molecule has 11 nitrogen and oxygen atoms in total. The van der Waals surface area contributed by atoms with Crippen LogP contribution in [0, 0.1) is 17.8 Å². The Morgan fingerprint density at radius 1 is 1.11 bits per heavy atom. The van der Waals surface area contributed by atoms with Crippen molar-refractivity contribution in [2.24, 2.45) is 17.8 Å². The lowest BCUT2D eigenvalue weighted by molar-refractivity contribution is -0.339. The molecule has 11 heteroatoms. The van der Waals surface area contributed by atoms with Crippen LogP contribution in [0.2, 0.25) is 0 Å². The molecule has 0 aromatic heterocycles. The molecule has 36 heavy (non-hydrogen) atoms. The number of esters is 1. The molecule has 2 heterocycles. The molecule has 0 bridgehead atoms. The van der Waals surface area contributed by atoms with Gasteiger partial charge in [-0.05, 0) is 43.8 Å². The molecular formula is C25H38O11. The van der Waals surface area contributed by atoms with Crippen LogP contribution < -0.4 is 0 Å². The lowest BCUT2D eigenvalue weighted by atomic mass is 9.88. The summed E-state index contributed by atoms with van der Waals surface area (Å²) in [5, 5.41) is 59.3. The highest BCUT2D eigenvalue weighted by molar-refractivity contribution is 5.87. The van der Waals surface area contributed by atoms with Gasteiger partial charge in [0.05, 0.1) is 24.9 Å². The van der Waals surface area contributed by atoms with Gasteiger partial charge in [-0.25, -0.2) is 4.79 Å². The maximum Gasteiger partial charge on any atom is 0.333 e. The summed E-state index contributed by atoms with van der Waals surface area (Å²) < 4.78 is 22.3. The van der Waals surface area contributed by atoms with E-state index in [9.17, 15) is 30.3 Å². The number of rotatable bonds is 11. The number of ether oxygens (including phenoxy) is 4. The highest BCUT2D eigenvalue weighted by atomic mass is 16.8. The normalized spacial score (nSPS) is 37.2. The van der Waals surface area contributed by atoms with Crippen molar-refractivity contribution >= 4 is 5.97 Å². The third-order valence-electron chi connectivity index (χ3n) is 6.97. The summed E-state index contributed by atoms with van der Waals surface area (Å²) in [6.07, 6.45) is -0.637. The second kappa shape index (κ2) is 13.1. The highest BCUT2D eigenvalue weighted by Crippen LogP contribution is 2.41. The van der Waals surface area contributed by atoms with E-state index >= 15 is 0 Å². The van der Waals surface area contributed by atoms with Crippen LogP contribution in [0.5, 0.6) is 0 Å². The molecule has 0 unspecified atom stereocenters. The number of carbonyl (C=O) groups is 1. The van der Waals surface area contributed by atoms with E-state index in [1.54, 1.807) is 25.2 Å². The lowest BCUT2D eigenvalue weighted by Gasteiger charge is -2.42.